The molecule has 2 aromatic carbocycles. The minimum atomic E-state index is -3.47. The molecule has 2 heterocycles. The largest absolute Gasteiger partial charge is 0.373 e. The molecule has 0 radical (unpaired) electrons. The van der Waals surface area contributed by atoms with E-state index in [1.807, 2.05) is 6.92 Å². The van der Waals surface area contributed by atoms with E-state index in [4.69, 9.17) is 11.6 Å². The molecular formula is C28H32ClF2N5O3S. The average Bonchev–Trinajstić information content (AvgIpc) is 2.88. The molecule has 1 amide bonds. The van der Waals surface area contributed by atoms with Crippen molar-refractivity contribution in [3.05, 3.63) is 88.7 Å². The predicted molar refractivity (Wildman–Crippen MR) is 153 cm³/mol. The van der Waals surface area contributed by atoms with Gasteiger partial charge in [-0.2, -0.15) is 4.31 Å². The third-order valence-electron chi connectivity index (χ3n) is 6.82. The molecule has 0 aliphatic carbocycles. The summed E-state index contributed by atoms with van der Waals surface area (Å²) in [6, 6.07) is 11.3. The molecule has 214 valence electrons. The van der Waals surface area contributed by atoms with Crippen molar-refractivity contribution in [2.75, 3.05) is 30.0 Å². The Bertz CT molecular complexity index is 1440. The van der Waals surface area contributed by atoms with Crippen molar-refractivity contribution in [2.24, 2.45) is 0 Å². The number of aromatic nitrogens is 1. The van der Waals surface area contributed by atoms with Crippen molar-refractivity contribution in [2.45, 2.75) is 44.3 Å². The van der Waals surface area contributed by atoms with E-state index in [0.29, 0.717) is 30.2 Å². The number of carbonyl (C=O) groups excluding carboxylic acids is 1. The summed E-state index contributed by atoms with van der Waals surface area (Å²) in [6.45, 7) is 2.79. The zero-order valence-electron chi connectivity index (χ0n) is 22.2. The number of rotatable bonds is 10. The van der Waals surface area contributed by atoms with E-state index in [0.717, 1.165) is 11.8 Å². The molecule has 8 nitrogen and oxygen atoms in total. The predicted octanol–water partition coefficient (Wildman–Crippen LogP) is 4.23. The normalized spacial score (nSPS) is 18.7. The summed E-state index contributed by atoms with van der Waals surface area (Å²) in [6.07, 6.45) is 4.36. The molecule has 0 spiro atoms. The Hall–Kier alpha value is -3.12. The molecule has 12 heteroatoms. The van der Waals surface area contributed by atoms with Crippen molar-refractivity contribution in [1.82, 2.24) is 14.6 Å². The van der Waals surface area contributed by atoms with Gasteiger partial charge >= 0.3 is 0 Å². The number of nitrogens with zero attached hydrogens (tertiary/aromatic N) is 2. The first-order valence-corrected chi connectivity index (χ1v) is 15.1. The third kappa shape index (κ3) is 7.75. The van der Waals surface area contributed by atoms with Gasteiger partial charge in [-0.15, -0.1) is 0 Å². The smallest absolute Gasteiger partial charge is 0.247 e. The Morgan fingerprint density at radius 3 is 2.62 bits per heavy atom. The van der Waals surface area contributed by atoms with Crippen LogP contribution >= 0.6 is 11.6 Å². The van der Waals surface area contributed by atoms with Crippen molar-refractivity contribution in [3.63, 3.8) is 0 Å². The summed E-state index contributed by atoms with van der Waals surface area (Å²) in [7, 11) is -3.47. The van der Waals surface area contributed by atoms with Crippen molar-refractivity contribution >= 4 is 38.9 Å². The molecule has 3 N–H and O–H groups in total. The number of piperazine rings is 1. The Morgan fingerprint density at radius 1 is 1.18 bits per heavy atom. The van der Waals surface area contributed by atoms with Crippen LogP contribution in [0.4, 0.5) is 20.2 Å². The van der Waals surface area contributed by atoms with Crippen molar-refractivity contribution in [3.8, 4) is 0 Å². The molecule has 1 aliphatic heterocycles. The van der Waals surface area contributed by atoms with Gasteiger partial charge in [0.15, 0.2) is 0 Å². The molecule has 4 rings (SSSR count). The lowest BCUT2D eigenvalue weighted by Gasteiger charge is -2.39. The van der Waals surface area contributed by atoms with E-state index < -0.39 is 33.6 Å². The first-order chi connectivity index (χ1) is 19.0. The number of amides is 1. The second kappa shape index (κ2) is 13.0. The standard InChI is InChI=1S/C28H32ClF2N5O3S/c1-18-14-32-15-23(36(18)40(2,38)39)10-11-24-25(31)16-33-17-27(24)35-28(37)26(12-19-6-8-20(29)9-7-19)34-22-5-3-4-21(30)13-22/h3-9,13,16-18,23,26,32,34H,10-12,14-15H2,1-2H3,(H,35,37)/t18-,23-,26-/m0/s1. The minimum Gasteiger partial charge on any atom is -0.373 e. The van der Waals surface area contributed by atoms with E-state index in [1.54, 1.807) is 30.3 Å². The van der Waals surface area contributed by atoms with Gasteiger partial charge in [0.2, 0.25) is 15.9 Å². The van der Waals surface area contributed by atoms with E-state index in [9.17, 15) is 17.6 Å². The lowest BCUT2D eigenvalue weighted by molar-refractivity contribution is -0.116. The first kappa shape index (κ1) is 29.9. The van der Waals surface area contributed by atoms with Gasteiger partial charge in [-0.1, -0.05) is 29.8 Å². The molecule has 0 bridgehead atoms. The van der Waals surface area contributed by atoms with Crippen molar-refractivity contribution in [1.29, 1.82) is 0 Å². The fourth-order valence-electron chi connectivity index (χ4n) is 5.02. The Morgan fingerprint density at radius 2 is 1.93 bits per heavy atom. The number of hydrogen-bond donors (Lipinski definition) is 3. The van der Waals surface area contributed by atoms with E-state index in [1.165, 1.54) is 35.0 Å². The molecule has 40 heavy (non-hydrogen) atoms. The second-order valence-corrected chi connectivity index (χ2v) is 12.3. The van der Waals surface area contributed by atoms with Gasteiger partial charge < -0.3 is 16.0 Å². The van der Waals surface area contributed by atoms with Crippen LogP contribution in [0.15, 0.2) is 60.9 Å². The highest BCUT2D eigenvalue weighted by molar-refractivity contribution is 7.88. The number of hydrogen-bond acceptors (Lipinski definition) is 6. The van der Waals surface area contributed by atoms with Crippen LogP contribution in [0.2, 0.25) is 5.02 Å². The van der Waals surface area contributed by atoms with Gasteiger partial charge in [0.25, 0.3) is 0 Å². The zero-order chi connectivity index (χ0) is 28.9. The summed E-state index contributed by atoms with van der Waals surface area (Å²) in [5.74, 6) is -1.53. The summed E-state index contributed by atoms with van der Waals surface area (Å²) >= 11 is 6.01. The maximum Gasteiger partial charge on any atom is 0.247 e. The topological polar surface area (TPSA) is 103 Å². The van der Waals surface area contributed by atoms with Gasteiger partial charge in [-0.25, -0.2) is 17.2 Å². The lowest BCUT2D eigenvalue weighted by atomic mass is 10.0. The van der Waals surface area contributed by atoms with E-state index >= 15 is 4.39 Å². The minimum absolute atomic E-state index is 0.175. The van der Waals surface area contributed by atoms with E-state index in [2.05, 4.69) is 20.9 Å². The number of pyridine rings is 1. The maximum absolute atomic E-state index is 15.0. The summed E-state index contributed by atoms with van der Waals surface area (Å²) in [4.78, 5) is 17.4. The summed E-state index contributed by atoms with van der Waals surface area (Å²) in [5.41, 5.74) is 1.64. The van der Waals surface area contributed by atoms with Gasteiger partial charge in [0.05, 0.1) is 24.3 Å². The first-order valence-electron chi connectivity index (χ1n) is 12.9. The number of halogens is 3. The quantitative estimate of drug-likeness (QED) is 0.326. The van der Waals surface area contributed by atoms with Crippen LogP contribution in [-0.4, -0.2) is 61.1 Å². The zero-order valence-corrected chi connectivity index (χ0v) is 23.8. The van der Waals surface area contributed by atoms with Crippen LogP contribution in [0.25, 0.3) is 0 Å². The van der Waals surface area contributed by atoms with Crippen LogP contribution in [-0.2, 0) is 27.7 Å². The maximum atomic E-state index is 15.0. The van der Waals surface area contributed by atoms with Crippen LogP contribution in [0.1, 0.15) is 24.5 Å². The Balaban J connectivity index is 1.55. The number of benzene rings is 2. The fraction of sp³-hybridized carbons (Fsp3) is 0.357. The SMILES string of the molecule is C[C@H]1CNC[C@H](CCc2c(F)cncc2NC(=O)[C@H](Cc2ccc(Cl)cc2)Nc2cccc(F)c2)N1S(C)(=O)=O. The Kier molecular flexibility index (Phi) is 9.72. The molecule has 3 aromatic rings. The molecule has 1 fully saturated rings. The molecule has 0 unspecified atom stereocenters. The molecule has 3 atom stereocenters. The Labute approximate surface area is 238 Å². The summed E-state index contributed by atoms with van der Waals surface area (Å²) < 4.78 is 55.2. The highest BCUT2D eigenvalue weighted by atomic mass is 35.5. The molecule has 0 saturated carbocycles. The number of carbonyl (C=O) groups is 1. The van der Waals surface area contributed by atoms with Gasteiger partial charge in [0.1, 0.15) is 17.7 Å². The van der Waals surface area contributed by atoms with Crippen LogP contribution in [0.5, 0.6) is 0 Å². The van der Waals surface area contributed by atoms with Crippen LogP contribution < -0.4 is 16.0 Å². The molecular weight excluding hydrogens is 560 g/mol. The lowest BCUT2D eigenvalue weighted by Crippen LogP contribution is -2.58. The van der Waals surface area contributed by atoms with Gasteiger partial charge in [0, 0.05) is 47.9 Å². The summed E-state index contributed by atoms with van der Waals surface area (Å²) in [5, 5.41) is 9.63. The average molecular weight is 592 g/mol. The van der Waals surface area contributed by atoms with Gasteiger partial charge in [-0.3, -0.25) is 9.78 Å². The molecule has 1 saturated heterocycles. The number of sulfonamides is 1. The van der Waals surface area contributed by atoms with Crippen LogP contribution in [0.3, 0.4) is 0 Å². The highest BCUT2D eigenvalue weighted by Gasteiger charge is 2.34. The third-order valence-corrected chi connectivity index (χ3v) is 8.50. The highest BCUT2D eigenvalue weighted by Crippen LogP contribution is 2.25. The number of anilines is 2. The molecule has 1 aromatic heterocycles. The molecule has 1 aliphatic rings. The monoisotopic (exact) mass is 591 g/mol. The van der Waals surface area contributed by atoms with Crippen LogP contribution in [0, 0.1) is 11.6 Å². The van der Waals surface area contributed by atoms with Crippen molar-refractivity contribution < 1.29 is 22.0 Å². The number of nitrogens with one attached hydrogen (secondary N) is 3. The van der Waals surface area contributed by atoms with Gasteiger partial charge in [-0.05, 0) is 55.7 Å². The van der Waals surface area contributed by atoms with E-state index in [-0.39, 0.29) is 36.2 Å². The second-order valence-electron chi connectivity index (χ2n) is 9.97. The fourth-order valence-corrected chi connectivity index (χ4v) is 6.60.